The monoisotopic (exact) mass is 1460 g/mol. The first-order chi connectivity index (χ1) is 55.2. The lowest BCUT2D eigenvalue weighted by Crippen LogP contribution is -2.61. The van der Waals surface area contributed by atoms with Crippen molar-refractivity contribution in [3.8, 4) is 33.6 Å². The lowest BCUT2D eigenvalue weighted by molar-refractivity contribution is 0.411. The number of nitrogens with zero attached hydrogens (tertiary/aromatic N) is 4. The van der Waals surface area contributed by atoms with Crippen molar-refractivity contribution in [1.82, 2.24) is 9.13 Å². The molecular formula is C105H121BN4. The van der Waals surface area contributed by atoms with E-state index >= 15 is 0 Å². The van der Waals surface area contributed by atoms with Gasteiger partial charge in [0.1, 0.15) is 0 Å². The number of para-hydroxylation sites is 2. The molecule has 2 aromatic heterocycles. The van der Waals surface area contributed by atoms with Gasteiger partial charge in [-0.1, -0.05) is 296 Å². The zero-order valence-electron chi connectivity index (χ0n) is 80.8. The van der Waals surface area contributed by atoms with E-state index in [0.717, 1.165) is 130 Å². The topological polar surface area (TPSA) is 16.3 Å². The number of hydrogen-bond donors (Lipinski definition) is 0. The molecule has 0 fully saturated rings. The van der Waals surface area contributed by atoms with Gasteiger partial charge in [0, 0.05) is 69.5 Å². The van der Waals surface area contributed by atoms with E-state index in [-0.39, 0.29) is 91.7 Å². The first-order valence-electron chi connectivity index (χ1n) is 45.0. The van der Waals surface area contributed by atoms with Crippen LogP contribution in [0, 0.1) is 16.2 Å². The molecule has 2 aliphatic heterocycles. The predicted octanol–water partition coefficient (Wildman–Crippen LogP) is 27.8. The molecule has 2 aliphatic rings. The van der Waals surface area contributed by atoms with Crippen molar-refractivity contribution in [3.63, 3.8) is 0 Å². The Morgan fingerprint density at radius 2 is 0.645 bits per heavy atom. The molecule has 15 rings (SSSR count). The second-order valence-electron chi connectivity index (χ2n) is 41.8. The van der Waals surface area contributed by atoms with Crippen LogP contribution in [-0.2, 0) is 51.7 Å². The quantitative estimate of drug-likeness (QED) is 0.134. The van der Waals surface area contributed by atoms with Crippen molar-refractivity contribution in [3.05, 3.63) is 256 Å². The van der Waals surface area contributed by atoms with Crippen LogP contribution in [0.15, 0.2) is 206 Å². The van der Waals surface area contributed by atoms with E-state index in [1.807, 2.05) is 29.9 Å². The van der Waals surface area contributed by atoms with Crippen molar-refractivity contribution < 1.29 is 13.7 Å². The maximum absolute atomic E-state index is 10.9. The summed E-state index contributed by atoms with van der Waals surface area (Å²) < 4.78 is 103. The van der Waals surface area contributed by atoms with Gasteiger partial charge in [-0.05, 0) is 243 Å². The molecule has 0 unspecified atom stereocenters. The van der Waals surface area contributed by atoms with E-state index < -0.39 is 18.5 Å². The molecule has 110 heavy (non-hydrogen) atoms. The fraction of sp³-hybridized carbons (Fsp3) is 0.371. The number of hydrogen-bond acceptors (Lipinski definition) is 2. The first kappa shape index (κ1) is 64.4. The van der Waals surface area contributed by atoms with Crippen LogP contribution in [0.1, 0.15) is 251 Å². The molecule has 13 aromatic rings. The Hall–Kier alpha value is -9.32. The van der Waals surface area contributed by atoms with Crippen LogP contribution in [-0.4, -0.2) is 15.8 Å². The highest BCUT2D eigenvalue weighted by Gasteiger charge is 2.46. The van der Waals surface area contributed by atoms with Crippen molar-refractivity contribution in [2.75, 3.05) is 9.80 Å². The Bertz CT molecular complexity index is 6010. The summed E-state index contributed by atoms with van der Waals surface area (Å²) in [6, 6.07) is 56.4. The third-order valence-corrected chi connectivity index (χ3v) is 22.6. The van der Waals surface area contributed by atoms with Crippen LogP contribution in [0.4, 0.5) is 34.1 Å². The smallest absolute Gasteiger partial charge is 0.252 e. The second kappa shape index (κ2) is 26.1. The molecule has 4 heterocycles. The average Bonchev–Trinajstić information content (AvgIpc) is 0.752. The number of aromatic nitrogens is 2. The lowest BCUT2D eigenvalue weighted by Gasteiger charge is -2.45. The van der Waals surface area contributed by atoms with Gasteiger partial charge in [0.25, 0.3) is 6.71 Å². The van der Waals surface area contributed by atoms with E-state index in [2.05, 4.69) is 334 Å². The number of benzene rings is 11. The summed E-state index contributed by atoms with van der Waals surface area (Å²) in [6.07, 6.45) is -0.549. The molecule has 0 spiro atoms. The Morgan fingerprint density at radius 1 is 0.291 bits per heavy atom. The fourth-order valence-electron chi connectivity index (χ4n) is 16.9. The molecule has 0 aliphatic carbocycles. The molecule has 0 bridgehead atoms. The average molecular weight is 1460 g/mol. The minimum absolute atomic E-state index is 0.0931. The third-order valence-electron chi connectivity index (χ3n) is 22.6. The van der Waals surface area contributed by atoms with Gasteiger partial charge >= 0.3 is 0 Å². The highest BCUT2D eigenvalue weighted by molar-refractivity contribution is 7.00. The highest BCUT2D eigenvalue weighted by atomic mass is 15.2. The Labute approximate surface area is 674 Å². The summed E-state index contributed by atoms with van der Waals surface area (Å²) >= 11 is 0. The van der Waals surface area contributed by atoms with Gasteiger partial charge in [0.15, 0.2) is 0 Å². The number of fused-ring (bicyclic) bond motifs is 10. The van der Waals surface area contributed by atoms with Gasteiger partial charge in [0.2, 0.25) is 0 Å². The van der Waals surface area contributed by atoms with Crippen LogP contribution in [0.3, 0.4) is 0 Å². The summed E-state index contributed by atoms with van der Waals surface area (Å²) in [4.78, 5) is 4.82. The standard InChI is InChI=1S/C105H121BN4/c1-97(2,3)62-65-36-44-90-82(48-65)78-32-28-30-34-86(78)107(90)76-40-42-84-92(60-76)109(88-46-38-70(100(10,11)12)58-80(88)68-52-72(102(16,17)18)56-73(53-68)103(19,20)21)94-50-67(64-99(7,8)9)51-95-96(94)106(84)85-43-41-77(108-87-35-31-29-33-79(87)83-49-66(37-45-91(83)108)63-98(4,5)6)61-93(85)110(95)89-47-39-71(101(13,14)15)59-81(89)69-54-74(104(22,23)24)57-75(55-69)105(25,26)27/h28-61H,62-64H2,1-27H3/i28D,29D,30D,31D,32D,33D,34D,35D,64D2. The van der Waals surface area contributed by atoms with Crippen LogP contribution in [0.2, 0.25) is 0 Å². The molecule has 5 heteroatoms. The van der Waals surface area contributed by atoms with Gasteiger partial charge in [-0.15, -0.1) is 0 Å². The van der Waals surface area contributed by atoms with Crippen LogP contribution in [0.25, 0.3) is 77.2 Å². The lowest BCUT2D eigenvalue weighted by atomic mass is 9.33. The molecule has 0 atom stereocenters. The number of rotatable bonds is 9. The third kappa shape index (κ3) is 14.2. The summed E-state index contributed by atoms with van der Waals surface area (Å²) in [5.74, 6) is 0. The zero-order valence-corrected chi connectivity index (χ0v) is 70.8. The maximum Gasteiger partial charge on any atom is 0.252 e. The molecule has 564 valence electrons. The van der Waals surface area contributed by atoms with Gasteiger partial charge in [-0.2, -0.15) is 0 Å². The molecule has 0 N–H and O–H groups in total. The minimum Gasteiger partial charge on any atom is -0.311 e. The zero-order chi connectivity index (χ0) is 87.8. The second-order valence-corrected chi connectivity index (χ2v) is 41.8. The number of anilines is 6. The normalized spacial score (nSPS) is 15.4. The van der Waals surface area contributed by atoms with Crippen molar-refractivity contribution >= 4 is 101 Å². The van der Waals surface area contributed by atoms with Gasteiger partial charge in [-0.25, -0.2) is 0 Å². The van der Waals surface area contributed by atoms with Crippen LogP contribution >= 0.6 is 0 Å². The van der Waals surface area contributed by atoms with Crippen molar-refractivity contribution in [2.45, 2.75) is 239 Å². The van der Waals surface area contributed by atoms with E-state index in [0.29, 0.717) is 38.7 Å². The first-order valence-corrected chi connectivity index (χ1v) is 40.0. The van der Waals surface area contributed by atoms with E-state index in [1.54, 1.807) is 0 Å². The van der Waals surface area contributed by atoms with Gasteiger partial charge in [-0.3, -0.25) is 0 Å². The van der Waals surface area contributed by atoms with Gasteiger partial charge in [0.05, 0.1) is 44.4 Å². The van der Waals surface area contributed by atoms with E-state index in [4.69, 9.17) is 0 Å². The molecule has 0 amide bonds. The summed E-state index contributed by atoms with van der Waals surface area (Å²) in [7, 11) is 0. The largest absolute Gasteiger partial charge is 0.311 e. The van der Waals surface area contributed by atoms with Gasteiger partial charge < -0.3 is 18.9 Å². The van der Waals surface area contributed by atoms with Crippen molar-refractivity contribution in [2.24, 2.45) is 16.2 Å². The van der Waals surface area contributed by atoms with E-state index in [1.165, 1.54) is 22.3 Å². The summed E-state index contributed by atoms with van der Waals surface area (Å²) in [6.45, 7) is 59.5. The Morgan fingerprint density at radius 3 is 0.982 bits per heavy atom. The molecular weight excluding hydrogens is 1330 g/mol. The minimum atomic E-state index is -2.02. The molecule has 0 saturated heterocycles. The SMILES string of the molecule is [2H]c1c([2H])c([2H])c2c(c1[2H])c1cc(CC(C)(C)C)ccc1n2-c1ccc2c(c1)N(c1ccc(C(C)(C)C)cc1-c1cc(C(C)(C)C)cc(C(C)(C)C)c1)c1cc(C([2H])([2H])C(C)(C)C)cc3c1B2c1ccc(-n2c4ccc(CC(C)(C)C)cc4c4c([2H])c([2H])c([2H])c([2H])c42)cc1N3c1ccc(C(C)(C)C)cc1-c1cc(C(C)(C)C)cc(C(C)(C)C)c1. The summed E-state index contributed by atoms with van der Waals surface area (Å²) in [5, 5.41) is 2.33. The maximum atomic E-state index is 10.9. The Balaban J connectivity index is 1.17. The van der Waals surface area contributed by atoms with Crippen LogP contribution < -0.4 is 26.2 Å². The van der Waals surface area contributed by atoms with Crippen LogP contribution in [0.5, 0.6) is 0 Å². The molecule has 11 aromatic carbocycles. The fourth-order valence-corrected chi connectivity index (χ4v) is 16.9. The Kier molecular flexibility index (Phi) is 15.3. The summed E-state index contributed by atoms with van der Waals surface area (Å²) in [5.41, 5.74) is 21.8. The molecule has 4 nitrogen and oxygen atoms in total. The van der Waals surface area contributed by atoms with Crippen molar-refractivity contribution in [1.29, 1.82) is 0 Å². The molecule has 0 radical (unpaired) electrons. The predicted molar refractivity (Wildman–Crippen MR) is 482 cm³/mol. The highest BCUT2D eigenvalue weighted by Crippen LogP contribution is 2.53. The molecule has 0 saturated carbocycles. The van der Waals surface area contributed by atoms with E-state index in [9.17, 15) is 13.7 Å².